The molecule has 1 fully saturated rings. The number of nitrogens with zero attached hydrogens (tertiary/aromatic N) is 1. The van der Waals surface area contributed by atoms with Crippen molar-refractivity contribution in [2.75, 3.05) is 18.5 Å². The van der Waals surface area contributed by atoms with Crippen LogP contribution < -0.4 is 10.7 Å². The lowest BCUT2D eigenvalue weighted by Crippen LogP contribution is -2.43. The molecular formula is C22H23N3O5. The highest BCUT2D eigenvalue weighted by atomic mass is 16.5. The van der Waals surface area contributed by atoms with Crippen LogP contribution in [0.1, 0.15) is 27.9 Å². The predicted molar refractivity (Wildman–Crippen MR) is 109 cm³/mol. The monoisotopic (exact) mass is 409 g/mol. The van der Waals surface area contributed by atoms with Crippen molar-refractivity contribution in [3.63, 3.8) is 0 Å². The topological polar surface area (TPSA) is 105 Å². The summed E-state index contributed by atoms with van der Waals surface area (Å²) in [6.45, 7) is 3.27. The first-order valence-electron chi connectivity index (χ1n) is 9.53. The summed E-state index contributed by atoms with van der Waals surface area (Å²) >= 11 is 0. The van der Waals surface area contributed by atoms with Crippen LogP contribution in [0.25, 0.3) is 0 Å². The number of hydrazine groups is 1. The Labute approximate surface area is 174 Å². The molecule has 3 amide bonds. The van der Waals surface area contributed by atoms with Gasteiger partial charge in [-0.2, -0.15) is 0 Å². The third kappa shape index (κ3) is 5.22. The van der Waals surface area contributed by atoms with Gasteiger partial charge in [0.15, 0.2) is 6.61 Å². The van der Waals surface area contributed by atoms with Crippen molar-refractivity contribution in [1.29, 1.82) is 0 Å². The molecule has 0 aromatic heterocycles. The van der Waals surface area contributed by atoms with Crippen LogP contribution in [0, 0.1) is 19.8 Å². The molecule has 1 aliphatic rings. The van der Waals surface area contributed by atoms with E-state index in [1.807, 2.05) is 25.1 Å². The van der Waals surface area contributed by atoms with Gasteiger partial charge in [-0.15, -0.1) is 0 Å². The van der Waals surface area contributed by atoms with Crippen LogP contribution in [0.5, 0.6) is 0 Å². The zero-order valence-corrected chi connectivity index (χ0v) is 16.8. The Hall–Kier alpha value is -3.68. The van der Waals surface area contributed by atoms with Gasteiger partial charge >= 0.3 is 5.97 Å². The number of nitrogens with one attached hydrogen (secondary N) is 2. The number of ether oxygens (including phenoxy) is 1. The second kappa shape index (κ2) is 9.21. The first kappa shape index (κ1) is 21.0. The first-order chi connectivity index (χ1) is 14.3. The van der Waals surface area contributed by atoms with E-state index in [-0.39, 0.29) is 18.9 Å². The minimum Gasteiger partial charge on any atom is -0.455 e. The number of carbonyl (C=O) groups is 4. The van der Waals surface area contributed by atoms with E-state index < -0.39 is 30.3 Å². The van der Waals surface area contributed by atoms with Crippen molar-refractivity contribution in [2.24, 2.45) is 5.92 Å². The van der Waals surface area contributed by atoms with Crippen LogP contribution >= 0.6 is 0 Å². The molecule has 8 heteroatoms. The Bertz CT molecular complexity index is 971. The summed E-state index contributed by atoms with van der Waals surface area (Å²) in [7, 11) is 0. The summed E-state index contributed by atoms with van der Waals surface area (Å²) < 4.78 is 5.05. The fraction of sp³-hybridized carbons (Fsp3) is 0.273. The van der Waals surface area contributed by atoms with E-state index >= 15 is 0 Å². The molecule has 0 spiro atoms. The van der Waals surface area contributed by atoms with Crippen molar-refractivity contribution in [3.05, 3.63) is 65.2 Å². The maximum atomic E-state index is 12.4. The van der Waals surface area contributed by atoms with Gasteiger partial charge in [-0.3, -0.25) is 29.6 Å². The molecule has 1 atom stereocenters. The molecule has 0 aliphatic carbocycles. The van der Waals surface area contributed by atoms with Crippen LogP contribution in [0.15, 0.2) is 48.5 Å². The Kier molecular flexibility index (Phi) is 6.46. The maximum absolute atomic E-state index is 12.4. The number of hydrogen-bond donors (Lipinski definition) is 2. The van der Waals surface area contributed by atoms with Gasteiger partial charge < -0.3 is 10.1 Å². The molecule has 2 N–H and O–H groups in total. The average molecular weight is 409 g/mol. The van der Waals surface area contributed by atoms with Crippen LogP contribution in [-0.4, -0.2) is 41.9 Å². The van der Waals surface area contributed by atoms with E-state index in [0.29, 0.717) is 11.3 Å². The van der Waals surface area contributed by atoms with E-state index in [1.54, 1.807) is 37.3 Å². The molecule has 1 saturated heterocycles. The molecule has 156 valence electrons. The summed E-state index contributed by atoms with van der Waals surface area (Å²) in [5, 5.41) is 3.75. The van der Waals surface area contributed by atoms with Crippen molar-refractivity contribution in [2.45, 2.75) is 20.3 Å². The molecule has 0 saturated carbocycles. The maximum Gasteiger partial charge on any atom is 0.311 e. The second-order valence-electron chi connectivity index (χ2n) is 7.18. The van der Waals surface area contributed by atoms with Crippen LogP contribution in [0.3, 0.4) is 0 Å². The van der Waals surface area contributed by atoms with Gasteiger partial charge in [0.05, 0.1) is 12.5 Å². The molecule has 0 bridgehead atoms. The van der Waals surface area contributed by atoms with E-state index in [9.17, 15) is 19.2 Å². The van der Waals surface area contributed by atoms with Crippen molar-refractivity contribution < 1.29 is 23.9 Å². The van der Waals surface area contributed by atoms with Gasteiger partial charge in [0.2, 0.25) is 5.91 Å². The summed E-state index contributed by atoms with van der Waals surface area (Å²) in [4.78, 5) is 48.8. The molecular weight excluding hydrogens is 386 g/mol. The SMILES string of the molecule is Cc1ccc(NC(=O)COC(=O)[C@H]2CC(=O)N(NC(=O)c3ccccc3C)C2)cc1. The lowest BCUT2D eigenvalue weighted by molar-refractivity contribution is -0.151. The standard InChI is InChI=1S/C22H23N3O5/c1-14-7-9-17(10-8-14)23-19(26)13-30-22(29)16-11-20(27)25(12-16)24-21(28)18-6-4-3-5-15(18)2/h3-10,16H,11-13H2,1-2H3,(H,23,26)(H,24,28)/t16-/m0/s1. The highest BCUT2D eigenvalue weighted by Crippen LogP contribution is 2.18. The molecule has 1 heterocycles. The minimum absolute atomic E-state index is 0.00509. The Morgan fingerprint density at radius 1 is 1.07 bits per heavy atom. The second-order valence-corrected chi connectivity index (χ2v) is 7.18. The van der Waals surface area contributed by atoms with Crippen LogP contribution in [0.4, 0.5) is 5.69 Å². The normalized spacial score (nSPS) is 15.6. The van der Waals surface area contributed by atoms with Crippen molar-refractivity contribution in [3.8, 4) is 0 Å². The Morgan fingerprint density at radius 2 is 1.77 bits per heavy atom. The quantitative estimate of drug-likeness (QED) is 0.710. The summed E-state index contributed by atoms with van der Waals surface area (Å²) in [5.74, 6) is -2.69. The molecule has 30 heavy (non-hydrogen) atoms. The number of anilines is 1. The zero-order chi connectivity index (χ0) is 21.7. The van der Waals surface area contributed by atoms with Gasteiger partial charge in [-0.25, -0.2) is 0 Å². The Balaban J connectivity index is 1.48. The van der Waals surface area contributed by atoms with Crippen LogP contribution in [-0.2, 0) is 19.1 Å². The lowest BCUT2D eigenvalue weighted by Gasteiger charge is -2.18. The average Bonchev–Trinajstić information content (AvgIpc) is 3.08. The highest BCUT2D eigenvalue weighted by Gasteiger charge is 2.36. The number of esters is 1. The number of aryl methyl sites for hydroxylation is 2. The van der Waals surface area contributed by atoms with Gasteiger partial charge in [0.1, 0.15) is 0 Å². The minimum atomic E-state index is -0.748. The smallest absolute Gasteiger partial charge is 0.311 e. The fourth-order valence-corrected chi connectivity index (χ4v) is 3.07. The third-order valence-electron chi connectivity index (χ3n) is 4.77. The van der Waals surface area contributed by atoms with Gasteiger partial charge in [-0.1, -0.05) is 35.9 Å². The number of benzene rings is 2. The lowest BCUT2D eigenvalue weighted by atomic mass is 10.1. The molecule has 2 aromatic rings. The van der Waals surface area contributed by atoms with Crippen molar-refractivity contribution in [1.82, 2.24) is 10.4 Å². The molecule has 2 aromatic carbocycles. The fourth-order valence-electron chi connectivity index (χ4n) is 3.07. The van der Waals surface area contributed by atoms with E-state index in [2.05, 4.69) is 10.7 Å². The van der Waals surface area contributed by atoms with Gasteiger partial charge in [-0.05, 0) is 37.6 Å². The number of carbonyl (C=O) groups excluding carboxylic acids is 4. The molecule has 0 radical (unpaired) electrons. The number of hydrogen-bond acceptors (Lipinski definition) is 5. The summed E-state index contributed by atoms with van der Waals surface area (Å²) in [5.41, 5.74) is 5.41. The largest absolute Gasteiger partial charge is 0.455 e. The van der Waals surface area contributed by atoms with Gasteiger partial charge in [0.25, 0.3) is 11.8 Å². The summed E-state index contributed by atoms with van der Waals surface area (Å²) in [6.07, 6.45) is -0.0908. The molecule has 1 aliphatic heterocycles. The Morgan fingerprint density at radius 3 is 2.47 bits per heavy atom. The van der Waals surface area contributed by atoms with Gasteiger partial charge in [0, 0.05) is 17.7 Å². The van der Waals surface area contributed by atoms with Crippen molar-refractivity contribution >= 4 is 29.4 Å². The van der Waals surface area contributed by atoms with E-state index in [1.165, 1.54) is 0 Å². The zero-order valence-electron chi connectivity index (χ0n) is 16.8. The molecule has 0 unspecified atom stereocenters. The summed E-state index contributed by atoms with van der Waals surface area (Å²) in [6, 6.07) is 14.2. The molecule has 3 rings (SSSR count). The molecule has 8 nitrogen and oxygen atoms in total. The first-order valence-corrected chi connectivity index (χ1v) is 9.53. The highest BCUT2D eigenvalue weighted by molar-refractivity contribution is 5.98. The predicted octanol–water partition coefficient (Wildman–Crippen LogP) is 1.98. The van der Waals surface area contributed by atoms with E-state index in [4.69, 9.17) is 4.74 Å². The number of rotatable bonds is 6. The number of amides is 3. The van der Waals surface area contributed by atoms with E-state index in [0.717, 1.165) is 16.1 Å². The third-order valence-corrected chi connectivity index (χ3v) is 4.77. The van der Waals surface area contributed by atoms with Crippen LogP contribution in [0.2, 0.25) is 0 Å².